The topological polar surface area (TPSA) is 87.7 Å². The second kappa shape index (κ2) is 6.67. The number of nitrogens with one attached hydrogen (secondary N) is 2. The normalized spacial score (nSPS) is 12.4. The van der Waals surface area contributed by atoms with E-state index in [1.54, 1.807) is 39.0 Å². The van der Waals surface area contributed by atoms with E-state index in [2.05, 4.69) is 10.6 Å². The molecule has 2 amide bonds. The van der Waals surface area contributed by atoms with E-state index in [-0.39, 0.29) is 0 Å². The highest BCUT2D eigenvalue weighted by atomic mass is 35.5. The van der Waals surface area contributed by atoms with E-state index < -0.39 is 23.5 Å². The maximum atomic E-state index is 11.9. The molecule has 0 aromatic heterocycles. The Balaban J connectivity index is 2.84. The van der Waals surface area contributed by atoms with Crippen molar-refractivity contribution in [1.82, 2.24) is 5.32 Å². The molecule has 0 bridgehead atoms. The van der Waals surface area contributed by atoms with Crippen molar-refractivity contribution in [1.29, 1.82) is 0 Å². The lowest BCUT2D eigenvalue weighted by molar-refractivity contribution is -0.141. The summed E-state index contributed by atoms with van der Waals surface area (Å²) in [6, 6.07) is 3.11. The molecule has 6 nitrogen and oxygen atoms in total. The summed E-state index contributed by atoms with van der Waals surface area (Å²) >= 11 is 5.97. The Morgan fingerprint density at radius 3 is 2.43 bits per heavy atom. The lowest BCUT2D eigenvalue weighted by Gasteiger charge is -2.27. The van der Waals surface area contributed by atoms with Gasteiger partial charge in [-0.3, -0.25) is 0 Å². The van der Waals surface area contributed by atoms with Crippen LogP contribution in [-0.2, 0) is 4.79 Å². The smallest absolute Gasteiger partial charge is 0.326 e. The van der Waals surface area contributed by atoms with Crippen LogP contribution in [0.25, 0.3) is 0 Å². The van der Waals surface area contributed by atoms with E-state index in [0.717, 1.165) is 0 Å². The molecule has 1 aromatic carbocycles. The SMILES string of the molecule is COc1ccc(Cl)c(NC(=O)NC(C(=O)O)C(C)(C)C)c1. The third-order valence-electron chi connectivity index (χ3n) is 2.81. The first kappa shape index (κ1) is 17.1. The maximum Gasteiger partial charge on any atom is 0.326 e. The number of anilines is 1. The van der Waals surface area contributed by atoms with Gasteiger partial charge in [0.2, 0.25) is 0 Å². The monoisotopic (exact) mass is 314 g/mol. The fourth-order valence-corrected chi connectivity index (χ4v) is 1.83. The first-order valence-electron chi connectivity index (χ1n) is 6.29. The summed E-state index contributed by atoms with van der Waals surface area (Å²) in [5.41, 5.74) is -0.284. The van der Waals surface area contributed by atoms with Gasteiger partial charge in [0, 0.05) is 6.07 Å². The van der Waals surface area contributed by atoms with Gasteiger partial charge in [-0.25, -0.2) is 9.59 Å². The lowest BCUT2D eigenvalue weighted by atomic mass is 9.87. The molecule has 1 atom stereocenters. The maximum absolute atomic E-state index is 11.9. The fourth-order valence-electron chi connectivity index (χ4n) is 1.67. The van der Waals surface area contributed by atoms with Crippen LogP contribution >= 0.6 is 11.6 Å². The third kappa shape index (κ3) is 4.82. The molecule has 0 aliphatic heterocycles. The average Bonchev–Trinajstić information content (AvgIpc) is 2.37. The summed E-state index contributed by atoms with van der Waals surface area (Å²) in [7, 11) is 1.49. The van der Waals surface area contributed by atoms with Crippen molar-refractivity contribution in [3.63, 3.8) is 0 Å². The Bertz CT molecular complexity index is 540. The van der Waals surface area contributed by atoms with Gasteiger partial charge in [0.1, 0.15) is 11.8 Å². The number of carbonyl (C=O) groups excluding carboxylic acids is 1. The number of aliphatic carboxylic acids is 1. The molecule has 21 heavy (non-hydrogen) atoms. The van der Waals surface area contributed by atoms with E-state index in [0.29, 0.717) is 16.5 Å². The molecule has 0 saturated carbocycles. The van der Waals surface area contributed by atoms with Crippen LogP contribution in [0.4, 0.5) is 10.5 Å². The van der Waals surface area contributed by atoms with Crippen LogP contribution in [0.1, 0.15) is 20.8 Å². The number of amides is 2. The van der Waals surface area contributed by atoms with Crippen molar-refractivity contribution in [2.24, 2.45) is 5.41 Å². The quantitative estimate of drug-likeness (QED) is 0.797. The first-order chi connectivity index (χ1) is 9.65. The molecule has 1 unspecified atom stereocenters. The molecule has 1 aromatic rings. The predicted molar refractivity (Wildman–Crippen MR) is 81.0 cm³/mol. The van der Waals surface area contributed by atoms with Gasteiger partial charge in [-0.1, -0.05) is 32.4 Å². The summed E-state index contributed by atoms with van der Waals surface area (Å²) in [5, 5.41) is 14.4. The van der Waals surface area contributed by atoms with Crippen LogP contribution in [0.5, 0.6) is 5.75 Å². The Morgan fingerprint density at radius 1 is 1.33 bits per heavy atom. The van der Waals surface area contributed by atoms with Gasteiger partial charge in [0.25, 0.3) is 0 Å². The molecule has 0 spiro atoms. The zero-order chi connectivity index (χ0) is 16.2. The van der Waals surface area contributed by atoms with Crippen molar-refractivity contribution >= 4 is 29.3 Å². The molecule has 0 saturated heterocycles. The molecule has 0 aliphatic rings. The molecule has 0 aliphatic carbocycles. The van der Waals surface area contributed by atoms with E-state index >= 15 is 0 Å². The molecule has 1 rings (SSSR count). The Hall–Kier alpha value is -1.95. The van der Waals surface area contributed by atoms with Gasteiger partial charge in [-0.2, -0.15) is 0 Å². The third-order valence-corrected chi connectivity index (χ3v) is 3.14. The number of benzene rings is 1. The number of halogens is 1. The first-order valence-corrected chi connectivity index (χ1v) is 6.67. The number of carboxylic acid groups (broad SMARTS) is 1. The van der Waals surface area contributed by atoms with Crippen LogP contribution in [0.3, 0.4) is 0 Å². The van der Waals surface area contributed by atoms with E-state index in [1.165, 1.54) is 7.11 Å². The zero-order valence-electron chi connectivity index (χ0n) is 12.4. The Kier molecular flexibility index (Phi) is 5.43. The minimum absolute atomic E-state index is 0.327. The zero-order valence-corrected chi connectivity index (χ0v) is 13.1. The van der Waals surface area contributed by atoms with E-state index in [4.69, 9.17) is 16.3 Å². The number of carboxylic acids is 1. The van der Waals surface area contributed by atoms with Crippen LogP contribution < -0.4 is 15.4 Å². The number of rotatable bonds is 4. The second-order valence-corrected chi connectivity index (χ2v) is 5.99. The predicted octanol–water partition coefficient (Wildman–Crippen LogP) is 2.97. The summed E-state index contributed by atoms with van der Waals surface area (Å²) in [6.45, 7) is 5.18. The largest absolute Gasteiger partial charge is 0.497 e. The Labute approximate surface area is 128 Å². The number of urea groups is 1. The number of methoxy groups -OCH3 is 1. The van der Waals surface area contributed by atoms with Crippen molar-refractivity contribution in [3.05, 3.63) is 23.2 Å². The summed E-state index contributed by atoms with van der Waals surface area (Å²) < 4.78 is 5.04. The van der Waals surface area contributed by atoms with Crippen LogP contribution in [-0.4, -0.2) is 30.3 Å². The molecule has 0 heterocycles. The highest BCUT2D eigenvalue weighted by Crippen LogP contribution is 2.27. The molecular weight excluding hydrogens is 296 g/mol. The molecule has 116 valence electrons. The summed E-state index contributed by atoms with van der Waals surface area (Å²) in [4.78, 5) is 23.2. The second-order valence-electron chi connectivity index (χ2n) is 5.58. The van der Waals surface area contributed by atoms with Crippen LogP contribution in [0.15, 0.2) is 18.2 Å². The highest BCUT2D eigenvalue weighted by Gasteiger charge is 2.32. The van der Waals surface area contributed by atoms with Crippen molar-refractivity contribution < 1.29 is 19.4 Å². The van der Waals surface area contributed by atoms with Gasteiger partial charge in [-0.15, -0.1) is 0 Å². The van der Waals surface area contributed by atoms with Crippen LogP contribution in [0.2, 0.25) is 5.02 Å². The van der Waals surface area contributed by atoms with Gasteiger partial charge in [-0.05, 0) is 17.5 Å². The van der Waals surface area contributed by atoms with E-state index in [1.807, 2.05) is 0 Å². The minimum atomic E-state index is -1.10. The van der Waals surface area contributed by atoms with Crippen molar-refractivity contribution in [2.45, 2.75) is 26.8 Å². The number of hydrogen-bond acceptors (Lipinski definition) is 3. The number of ether oxygens (including phenoxy) is 1. The van der Waals surface area contributed by atoms with Gasteiger partial charge < -0.3 is 20.5 Å². The Morgan fingerprint density at radius 2 is 1.95 bits per heavy atom. The molecule has 0 radical (unpaired) electrons. The van der Waals surface area contributed by atoms with E-state index in [9.17, 15) is 14.7 Å². The number of hydrogen-bond donors (Lipinski definition) is 3. The lowest BCUT2D eigenvalue weighted by Crippen LogP contribution is -2.50. The van der Waals surface area contributed by atoms with Crippen molar-refractivity contribution in [3.8, 4) is 5.75 Å². The highest BCUT2D eigenvalue weighted by molar-refractivity contribution is 6.33. The summed E-state index contributed by atoms with van der Waals surface area (Å²) in [5.74, 6) is -0.574. The van der Waals surface area contributed by atoms with Gasteiger partial charge >= 0.3 is 12.0 Å². The molecule has 3 N–H and O–H groups in total. The standard InChI is InChI=1S/C14H19ClN2O4/c1-14(2,3)11(12(18)19)17-13(20)16-10-7-8(21-4)5-6-9(10)15/h5-7,11H,1-4H3,(H,18,19)(H2,16,17,20). The molecular formula is C14H19ClN2O4. The minimum Gasteiger partial charge on any atom is -0.497 e. The fraction of sp³-hybridized carbons (Fsp3) is 0.429. The average molecular weight is 315 g/mol. The van der Waals surface area contributed by atoms with Crippen molar-refractivity contribution in [2.75, 3.05) is 12.4 Å². The van der Waals surface area contributed by atoms with Gasteiger partial charge in [0.15, 0.2) is 0 Å². The molecule has 7 heteroatoms. The summed E-state index contributed by atoms with van der Waals surface area (Å²) in [6.07, 6.45) is 0. The molecule has 0 fully saturated rings. The van der Waals surface area contributed by atoms with Crippen LogP contribution in [0, 0.1) is 5.41 Å². The van der Waals surface area contributed by atoms with Gasteiger partial charge in [0.05, 0.1) is 17.8 Å². The number of carbonyl (C=O) groups is 2.